The molecule has 1 aliphatic heterocycles. The van der Waals surface area contributed by atoms with E-state index in [0.717, 1.165) is 38.8 Å². The van der Waals surface area contributed by atoms with E-state index in [1.807, 2.05) is 0 Å². The van der Waals surface area contributed by atoms with Gasteiger partial charge >= 0.3 is 0 Å². The molecule has 2 rings (SSSR count). The molecule has 1 saturated carbocycles. The molecule has 3 N–H and O–H groups in total. The van der Waals surface area contributed by atoms with Crippen molar-refractivity contribution in [2.75, 3.05) is 39.4 Å². The number of aliphatic imine (C=N–C) groups is 1. The minimum absolute atomic E-state index is 0.554. The highest BCUT2D eigenvalue weighted by Crippen LogP contribution is 2.28. The summed E-state index contributed by atoms with van der Waals surface area (Å²) < 4.78 is 5.54. The number of nitrogens with one attached hydrogen (secondary N) is 1. The van der Waals surface area contributed by atoms with Crippen molar-refractivity contribution >= 4 is 5.96 Å². The third-order valence-electron chi connectivity index (χ3n) is 3.98. The van der Waals surface area contributed by atoms with Crippen molar-refractivity contribution in [3.8, 4) is 0 Å². The van der Waals surface area contributed by atoms with E-state index < -0.39 is 0 Å². The average molecular weight is 268 g/mol. The standard InChI is InChI=1S/C14H28N4O/c1-2-18-8-3-4-13(18)10-17-14(15)16-7-9-19-11-12-5-6-12/h12-13H,2-11H2,1H3,(H3,15,16,17). The second kappa shape index (κ2) is 7.70. The first kappa shape index (κ1) is 14.6. The van der Waals surface area contributed by atoms with Gasteiger partial charge in [0.25, 0.3) is 0 Å². The van der Waals surface area contributed by atoms with E-state index in [-0.39, 0.29) is 0 Å². The predicted octanol–water partition coefficient (Wildman–Crippen LogP) is 0.802. The van der Waals surface area contributed by atoms with Crippen LogP contribution in [0.2, 0.25) is 0 Å². The molecule has 110 valence electrons. The Balaban J connectivity index is 1.53. The third-order valence-corrected chi connectivity index (χ3v) is 3.98. The lowest BCUT2D eigenvalue weighted by Crippen LogP contribution is -2.37. The van der Waals surface area contributed by atoms with Gasteiger partial charge < -0.3 is 15.8 Å². The van der Waals surface area contributed by atoms with Crippen LogP contribution in [0.4, 0.5) is 0 Å². The molecule has 2 aliphatic rings. The van der Waals surface area contributed by atoms with E-state index in [4.69, 9.17) is 10.5 Å². The first-order valence-electron chi connectivity index (χ1n) is 7.65. The zero-order chi connectivity index (χ0) is 13.5. The molecule has 1 saturated heterocycles. The largest absolute Gasteiger partial charge is 0.379 e. The van der Waals surface area contributed by atoms with Crippen molar-refractivity contribution in [2.45, 2.75) is 38.6 Å². The lowest BCUT2D eigenvalue weighted by atomic mass is 10.2. The zero-order valence-corrected chi connectivity index (χ0v) is 12.1. The monoisotopic (exact) mass is 268 g/mol. The molecule has 0 aromatic rings. The van der Waals surface area contributed by atoms with Crippen LogP contribution in [0.5, 0.6) is 0 Å². The molecule has 1 heterocycles. The number of guanidine groups is 1. The van der Waals surface area contributed by atoms with Crippen LogP contribution in [0, 0.1) is 5.92 Å². The van der Waals surface area contributed by atoms with Crippen molar-refractivity contribution in [3.05, 3.63) is 0 Å². The molecule has 2 fully saturated rings. The van der Waals surface area contributed by atoms with Crippen molar-refractivity contribution in [2.24, 2.45) is 16.6 Å². The first-order valence-corrected chi connectivity index (χ1v) is 7.65. The average Bonchev–Trinajstić information content (AvgIpc) is 3.12. The van der Waals surface area contributed by atoms with Crippen LogP contribution in [0.1, 0.15) is 32.6 Å². The summed E-state index contributed by atoms with van der Waals surface area (Å²) in [6.07, 6.45) is 5.21. The summed E-state index contributed by atoms with van der Waals surface area (Å²) in [5.41, 5.74) is 5.86. The fraction of sp³-hybridized carbons (Fsp3) is 0.929. The summed E-state index contributed by atoms with van der Waals surface area (Å²) in [5, 5.41) is 3.12. The highest BCUT2D eigenvalue weighted by atomic mass is 16.5. The van der Waals surface area contributed by atoms with Crippen molar-refractivity contribution < 1.29 is 4.74 Å². The Hall–Kier alpha value is -0.810. The van der Waals surface area contributed by atoms with Crippen LogP contribution in [-0.4, -0.2) is 56.3 Å². The van der Waals surface area contributed by atoms with Crippen LogP contribution in [-0.2, 0) is 4.74 Å². The smallest absolute Gasteiger partial charge is 0.188 e. The maximum Gasteiger partial charge on any atom is 0.188 e. The molecule has 1 aliphatic carbocycles. The minimum Gasteiger partial charge on any atom is -0.379 e. The Morgan fingerprint density at radius 1 is 1.42 bits per heavy atom. The highest BCUT2D eigenvalue weighted by Gasteiger charge is 2.22. The Morgan fingerprint density at radius 3 is 3.00 bits per heavy atom. The quantitative estimate of drug-likeness (QED) is 0.388. The van der Waals surface area contributed by atoms with E-state index in [1.165, 1.54) is 32.2 Å². The van der Waals surface area contributed by atoms with Gasteiger partial charge in [0.15, 0.2) is 5.96 Å². The summed E-state index contributed by atoms with van der Waals surface area (Å²) in [6.45, 7) is 7.73. The Bertz CT molecular complexity index is 291. The Morgan fingerprint density at radius 2 is 2.26 bits per heavy atom. The molecule has 0 amide bonds. The maximum atomic E-state index is 5.86. The number of nitrogens with two attached hydrogens (primary N) is 1. The molecule has 5 heteroatoms. The van der Waals surface area contributed by atoms with Gasteiger partial charge in [0.1, 0.15) is 0 Å². The molecule has 1 unspecified atom stereocenters. The maximum absolute atomic E-state index is 5.86. The second-order valence-corrected chi connectivity index (χ2v) is 5.60. The van der Waals surface area contributed by atoms with E-state index in [9.17, 15) is 0 Å². The van der Waals surface area contributed by atoms with Crippen LogP contribution in [0.25, 0.3) is 0 Å². The number of ether oxygens (including phenoxy) is 1. The van der Waals surface area contributed by atoms with Gasteiger partial charge in [0.2, 0.25) is 0 Å². The number of likely N-dealkylation sites (N-methyl/N-ethyl adjacent to an activating group) is 1. The molecule has 0 radical (unpaired) electrons. The fourth-order valence-electron chi connectivity index (χ4n) is 2.56. The lowest BCUT2D eigenvalue weighted by Gasteiger charge is -2.20. The van der Waals surface area contributed by atoms with Crippen LogP contribution in [0.3, 0.4) is 0 Å². The van der Waals surface area contributed by atoms with Crippen molar-refractivity contribution in [3.63, 3.8) is 0 Å². The summed E-state index contributed by atoms with van der Waals surface area (Å²) in [4.78, 5) is 6.92. The van der Waals surface area contributed by atoms with E-state index in [0.29, 0.717) is 12.0 Å². The molecular formula is C14H28N4O. The van der Waals surface area contributed by atoms with E-state index in [1.54, 1.807) is 0 Å². The number of nitrogens with zero attached hydrogens (tertiary/aromatic N) is 2. The van der Waals surface area contributed by atoms with Gasteiger partial charge in [-0.25, -0.2) is 0 Å². The van der Waals surface area contributed by atoms with Crippen molar-refractivity contribution in [1.29, 1.82) is 0 Å². The molecule has 19 heavy (non-hydrogen) atoms. The number of likely N-dealkylation sites (tertiary alicyclic amines) is 1. The lowest BCUT2D eigenvalue weighted by molar-refractivity contribution is 0.129. The van der Waals surface area contributed by atoms with Crippen LogP contribution >= 0.6 is 0 Å². The zero-order valence-electron chi connectivity index (χ0n) is 12.1. The van der Waals surface area contributed by atoms with E-state index >= 15 is 0 Å². The molecule has 0 aromatic heterocycles. The topological polar surface area (TPSA) is 62.9 Å². The van der Waals surface area contributed by atoms with E-state index in [2.05, 4.69) is 22.1 Å². The van der Waals surface area contributed by atoms with Gasteiger partial charge in [-0.2, -0.15) is 0 Å². The summed E-state index contributed by atoms with van der Waals surface area (Å²) in [7, 11) is 0. The molecule has 0 spiro atoms. The normalized spacial score (nSPS) is 24.9. The summed E-state index contributed by atoms with van der Waals surface area (Å²) in [5.74, 6) is 1.38. The summed E-state index contributed by atoms with van der Waals surface area (Å²) >= 11 is 0. The number of rotatable bonds is 8. The first-order chi connectivity index (χ1) is 9.29. The fourth-order valence-corrected chi connectivity index (χ4v) is 2.56. The Kier molecular flexibility index (Phi) is 5.92. The molecule has 0 bridgehead atoms. The third kappa shape index (κ3) is 5.37. The second-order valence-electron chi connectivity index (χ2n) is 5.60. The number of hydrogen-bond acceptors (Lipinski definition) is 3. The molecule has 0 aromatic carbocycles. The molecular weight excluding hydrogens is 240 g/mol. The number of hydrogen-bond donors (Lipinski definition) is 2. The highest BCUT2D eigenvalue weighted by molar-refractivity contribution is 5.77. The van der Waals surface area contributed by atoms with Crippen LogP contribution < -0.4 is 11.1 Å². The van der Waals surface area contributed by atoms with Gasteiger partial charge in [0, 0.05) is 19.2 Å². The predicted molar refractivity (Wildman–Crippen MR) is 78.3 cm³/mol. The van der Waals surface area contributed by atoms with Crippen molar-refractivity contribution in [1.82, 2.24) is 10.2 Å². The Labute approximate surface area is 116 Å². The molecule has 1 atom stereocenters. The van der Waals surface area contributed by atoms with Gasteiger partial charge in [-0.05, 0) is 44.7 Å². The minimum atomic E-state index is 0.554. The molecule has 5 nitrogen and oxygen atoms in total. The summed E-state index contributed by atoms with van der Waals surface area (Å²) in [6, 6.07) is 0.580. The van der Waals surface area contributed by atoms with Gasteiger partial charge in [0.05, 0.1) is 13.2 Å². The van der Waals surface area contributed by atoms with Gasteiger partial charge in [-0.15, -0.1) is 0 Å². The van der Waals surface area contributed by atoms with Crippen LogP contribution in [0.15, 0.2) is 4.99 Å². The SMILES string of the molecule is CCN1CCCC1CN=C(N)NCCOCC1CC1. The van der Waals surface area contributed by atoms with Gasteiger partial charge in [-0.1, -0.05) is 6.92 Å². The van der Waals surface area contributed by atoms with Gasteiger partial charge in [-0.3, -0.25) is 9.89 Å².